The normalized spacial score (nSPS) is 10.9. The van der Waals surface area contributed by atoms with Crippen LogP contribution in [0, 0.1) is 13.8 Å². The number of anilines is 1. The van der Waals surface area contributed by atoms with Crippen molar-refractivity contribution in [3.8, 4) is 5.75 Å². The Morgan fingerprint density at radius 1 is 1.30 bits per heavy atom. The molecule has 0 saturated carbocycles. The SMILES string of the molecule is Cc1cc(C)c2c(CC(=O)Nc3cc(Cl)ccc3O)noc2c1. The number of carbonyl (C=O) groups is 1. The molecule has 2 aromatic carbocycles. The van der Waals surface area contributed by atoms with Crippen LogP contribution in [0.3, 0.4) is 0 Å². The van der Waals surface area contributed by atoms with Crippen LogP contribution in [0.2, 0.25) is 5.02 Å². The van der Waals surface area contributed by atoms with Crippen molar-refractivity contribution >= 4 is 34.2 Å². The van der Waals surface area contributed by atoms with Gasteiger partial charge in [-0.3, -0.25) is 4.79 Å². The summed E-state index contributed by atoms with van der Waals surface area (Å²) >= 11 is 5.87. The molecule has 0 spiro atoms. The number of carbonyl (C=O) groups excluding carboxylic acids is 1. The Kier molecular flexibility index (Phi) is 3.96. The van der Waals surface area contributed by atoms with Gasteiger partial charge in [0.15, 0.2) is 5.58 Å². The zero-order chi connectivity index (χ0) is 16.6. The molecule has 6 heteroatoms. The third-order valence-electron chi connectivity index (χ3n) is 3.55. The van der Waals surface area contributed by atoms with Crippen LogP contribution >= 0.6 is 11.6 Å². The van der Waals surface area contributed by atoms with Crippen molar-refractivity contribution in [3.05, 3.63) is 52.2 Å². The number of aryl methyl sites for hydroxylation is 2. The second-order valence-electron chi connectivity index (χ2n) is 5.47. The molecule has 118 valence electrons. The summed E-state index contributed by atoms with van der Waals surface area (Å²) in [5.74, 6) is -0.350. The van der Waals surface area contributed by atoms with Gasteiger partial charge >= 0.3 is 0 Å². The molecule has 0 radical (unpaired) electrons. The molecule has 0 fully saturated rings. The summed E-state index contributed by atoms with van der Waals surface area (Å²) < 4.78 is 5.30. The molecule has 3 aromatic rings. The van der Waals surface area contributed by atoms with Crippen LogP contribution in [0.4, 0.5) is 5.69 Å². The van der Waals surface area contributed by atoms with Gasteiger partial charge in [-0.2, -0.15) is 0 Å². The molecule has 0 unspecified atom stereocenters. The van der Waals surface area contributed by atoms with Crippen molar-refractivity contribution in [1.82, 2.24) is 5.16 Å². The maximum absolute atomic E-state index is 12.2. The van der Waals surface area contributed by atoms with Gasteiger partial charge in [0.1, 0.15) is 11.4 Å². The van der Waals surface area contributed by atoms with Gasteiger partial charge in [-0.15, -0.1) is 0 Å². The first kappa shape index (κ1) is 15.4. The fourth-order valence-corrected chi connectivity index (χ4v) is 2.77. The number of rotatable bonds is 3. The first-order chi connectivity index (χ1) is 10.9. The van der Waals surface area contributed by atoms with E-state index in [1.807, 2.05) is 26.0 Å². The number of benzene rings is 2. The number of aromatic hydroxyl groups is 1. The third kappa shape index (κ3) is 3.14. The highest BCUT2D eigenvalue weighted by atomic mass is 35.5. The van der Waals surface area contributed by atoms with E-state index in [4.69, 9.17) is 16.1 Å². The van der Waals surface area contributed by atoms with Crippen LogP contribution in [0.15, 0.2) is 34.9 Å². The monoisotopic (exact) mass is 330 g/mol. The van der Waals surface area contributed by atoms with Gasteiger partial charge in [0, 0.05) is 10.4 Å². The highest BCUT2D eigenvalue weighted by molar-refractivity contribution is 6.31. The van der Waals surface area contributed by atoms with Gasteiger partial charge in [0.05, 0.1) is 12.1 Å². The standard InChI is InChI=1S/C17H15ClN2O3/c1-9-5-10(2)17-13(20-23-15(17)6-9)8-16(22)19-12-7-11(18)3-4-14(12)21/h3-7,21H,8H2,1-2H3,(H,19,22). The van der Waals surface area contributed by atoms with Crippen molar-refractivity contribution in [3.63, 3.8) is 0 Å². The maximum atomic E-state index is 12.2. The van der Waals surface area contributed by atoms with Crippen LogP contribution in [0.1, 0.15) is 16.8 Å². The number of nitrogens with zero attached hydrogens (tertiary/aromatic N) is 1. The Labute approximate surface area is 137 Å². The minimum absolute atomic E-state index is 0.0421. The topological polar surface area (TPSA) is 75.4 Å². The third-order valence-corrected chi connectivity index (χ3v) is 3.78. The van der Waals surface area contributed by atoms with Crippen LogP contribution in [0.5, 0.6) is 5.75 Å². The second kappa shape index (κ2) is 5.93. The van der Waals surface area contributed by atoms with E-state index in [0.717, 1.165) is 16.5 Å². The average molecular weight is 331 g/mol. The Hall–Kier alpha value is -2.53. The van der Waals surface area contributed by atoms with E-state index in [1.54, 1.807) is 6.07 Å². The molecule has 2 N–H and O–H groups in total. The lowest BCUT2D eigenvalue weighted by atomic mass is 10.0. The summed E-state index contributed by atoms with van der Waals surface area (Å²) in [5, 5.41) is 17.6. The smallest absolute Gasteiger partial charge is 0.230 e. The van der Waals surface area contributed by atoms with Crippen LogP contribution in [0.25, 0.3) is 11.0 Å². The van der Waals surface area contributed by atoms with E-state index in [9.17, 15) is 9.90 Å². The summed E-state index contributed by atoms with van der Waals surface area (Å²) in [6.07, 6.45) is 0.0445. The first-order valence-corrected chi connectivity index (χ1v) is 7.45. The van der Waals surface area contributed by atoms with Crippen molar-refractivity contribution in [2.24, 2.45) is 0 Å². The van der Waals surface area contributed by atoms with Gasteiger partial charge in [0.2, 0.25) is 5.91 Å². The molecule has 1 heterocycles. The summed E-state index contributed by atoms with van der Waals surface area (Å²) in [6.45, 7) is 3.93. The molecule has 0 bridgehead atoms. The molecule has 23 heavy (non-hydrogen) atoms. The molecule has 0 atom stereocenters. The van der Waals surface area contributed by atoms with E-state index < -0.39 is 0 Å². The molecule has 1 aromatic heterocycles. The van der Waals surface area contributed by atoms with Crippen LogP contribution in [-0.4, -0.2) is 16.2 Å². The second-order valence-corrected chi connectivity index (χ2v) is 5.91. The van der Waals surface area contributed by atoms with E-state index in [0.29, 0.717) is 16.3 Å². The number of aromatic nitrogens is 1. The molecule has 0 saturated heterocycles. The average Bonchev–Trinajstić information content (AvgIpc) is 2.85. The minimum atomic E-state index is -0.308. The Morgan fingerprint density at radius 2 is 2.09 bits per heavy atom. The highest BCUT2D eigenvalue weighted by Gasteiger charge is 2.16. The predicted octanol–water partition coefficient (Wildman–Crippen LogP) is 3.98. The van der Waals surface area contributed by atoms with Crippen LogP contribution < -0.4 is 5.32 Å². The van der Waals surface area contributed by atoms with Crippen molar-refractivity contribution in [2.75, 3.05) is 5.32 Å². The van der Waals surface area contributed by atoms with Crippen LogP contribution in [-0.2, 0) is 11.2 Å². The Morgan fingerprint density at radius 3 is 2.87 bits per heavy atom. The number of halogens is 1. The molecule has 0 aliphatic rings. The molecular formula is C17H15ClN2O3. The highest BCUT2D eigenvalue weighted by Crippen LogP contribution is 2.28. The van der Waals surface area contributed by atoms with E-state index in [1.165, 1.54) is 12.1 Å². The Bertz CT molecular complexity index is 902. The lowest BCUT2D eigenvalue weighted by Crippen LogP contribution is -2.15. The number of phenols is 1. The van der Waals surface area contributed by atoms with Crippen molar-refractivity contribution in [1.29, 1.82) is 0 Å². The lowest BCUT2D eigenvalue weighted by Gasteiger charge is -2.07. The van der Waals surface area contributed by atoms with E-state index in [2.05, 4.69) is 10.5 Å². The zero-order valence-corrected chi connectivity index (χ0v) is 13.4. The molecule has 3 rings (SSSR count). The molecule has 5 nitrogen and oxygen atoms in total. The zero-order valence-electron chi connectivity index (χ0n) is 12.7. The number of hydrogen-bond acceptors (Lipinski definition) is 4. The number of hydrogen-bond donors (Lipinski definition) is 2. The minimum Gasteiger partial charge on any atom is -0.506 e. The number of nitrogens with one attached hydrogen (secondary N) is 1. The molecular weight excluding hydrogens is 316 g/mol. The van der Waals surface area contributed by atoms with Crippen molar-refractivity contribution < 1.29 is 14.4 Å². The molecule has 0 aliphatic heterocycles. The van der Waals surface area contributed by atoms with E-state index in [-0.39, 0.29) is 23.8 Å². The summed E-state index contributed by atoms with van der Waals surface area (Å²) in [7, 11) is 0. The van der Waals surface area contributed by atoms with E-state index >= 15 is 0 Å². The van der Waals surface area contributed by atoms with Gasteiger partial charge in [-0.25, -0.2) is 0 Å². The summed E-state index contributed by atoms with van der Waals surface area (Å²) in [6, 6.07) is 8.37. The maximum Gasteiger partial charge on any atom is 0.230 e. The summed E-state index contributed by atoms with van der Waals surface area (Å²) in [4.78, 5) is 12.2. The number of fused-ring (bicyclic) bond motifs is 1. The molecule has 0 aliphatic carbocycles. The number of amides is 1. The largest absolute Gasteiger partial charge is 0.506 e. The summed E-state index contributed by atoms with van der Waals surface area (Å²) in [5.41, 5.74) is 3.58. The van der Waals surface area contributed by atoms with Gasteiger partial charge < -0.3 is 14.9 Å². The fourth-order valence-electron chi connectivity index (χ4n) is 2.60. The molecule has 1 amide bonds. The van der Waals surface area contributed by atoms with Gasteiger partial charge in [0.25, 0.3) is 0 Å². The lowest BCUT2D eigenvalue weighted by molar-refractivity contribution is -0.115. The van der Waals surface area contributed by atoms with Gasteiger partial charge in [-0.05, 0) is 49.2 Å². The van der Waals surface area contributed by atoms with Crippen molar-refractivity contribution in [2.45, 2.75) is 20.3 Å². The fraction of sp³-hybridized carbons (Fsp3) is 0.176. The first-order valence-electron chi connectivity index (χ1n) is 7.08. The predicted molar refractivity (Wildman–Crippen MR) is 88.9 cm³/mol. The quantitative estimate of drug-likeness (QED) is 0.712. The Balaban J connectivity index is 1.85. The van der Waals surface area contributed by atoms with Gasteiger partial charge in [-0.1, -0.05) is 22.8 Å². The number of phenolic OH excluding ortho intramolecular Hbond substituents is 1.